The average molecular weight is 278 g/mol. The number of nitrogens with one attached hydrogen (secondary N) is 1. The van der Waals surface area contributed by atoms with Crippen molar-refractivity contribution in [2.24, 2.45) is 0 Å². The molecule has 9 heteroatoms. The lowest BCUT2D eigenvalue weighted by molar-refractivity contribution is -0.384. The number of benzene rings is 1. The van der Waals surface area contributed by atoms with Crippen LogP contribution in [-0.4, -0.2) is 31.2 Å². The van der Waals surface area contributed by atoms with Crippen LogP contribution in [0.4, 0.5) is 10.1 Å². The molecular formula is C11H11FN6O2. The molecule has 1 fully saturated rings. The predicted molar refractivity (Wildman–Crippen MR) is 65.6 cm³/mol. The number of hydrogen-bond acceptors (Lipinski definition) is 6. The van der Waals surface area contributed by atoms with Crippen molar-refractivity contribution in [3.8, 4) is 5.69 Å². The Hall–Kier alpha value is -2.42. The van der Waals surface area contributed by atoms with E-state index in [1.54, 1.807) is 0 Å². The summed E-state index contributed by atoms with van der Waals surface area (Å²) in [6.45, 7) is 0.389. The average Bonchev–Trinajstić information content (AvgIpc) is 3.14. The quantitative estimate of drug-likeness (QED) is 0.646. The van der Waals surface area contributed by atoms with E-state index in [-0.39, 0.29) is 11.4 Å². The van der Waals surface area contributed by atoms with E-state index in [0.29, 0.717) is 18.4 Å². The molecule has 1 aliphatic carbocycles. The second-order valence-corrected chi connectivity index (χ2v) is 4.55. The molecule has 0 saturated heterocycles. The van der Waals surface area contributed by atoms with Crippen LogP contribution in [0, 0.1) is 15.9 Å². The van der Waals surface area contributed by atoms with Crippen LogP contribution < -0.4 is 5.32 Å². The SMILES string of the molecule is O=[N+]([O-])c1ccc(F)c(-n2nnnc2CNC2CC2)c1. The molecule has 0 radical (unpaired) electrons. The number of nitrogens with zero attached hydrogens (tertiary/aromatic N) is 5. The Morgan fingerprint density at radius 1 is 1.50 bits per heavy atom. The molecule has 3 rings (SSSR count). The molecule has 1 saturated carbocycles. The summed E-state index contributed by atoms with van der Waals surface area (Å²) in [4.78, 5) is 10.2. The third-order valence-corrected chi connectivity index (χ3v) is 3.03. The van der Waals surface area contributed by atoms with E-state index in [0.717, 1.165) is 31.0 Å². The normalized spacial score (nSPS) is 14.4. The minimum Gasteiger partial charge on any atom is -0.307 e. The Morgan fingerprint density at radius 2 is 2.30 bits per heavy atom. The molecule has 1 heterocycles. The van der Waals surface area contributed by atoms with Gasteiger partial charge in [0.1, 0.15) is 11.5 Å². The van der Waals surface area contributed by atoms with Crippen LogP contribution in [-0.2, 0) is 6.54 Å². The summed E-state index contributed by atoms with van der Waals surface area (Å²) in [6.07, 6.45) is 2.21. The first kappa shape index (κ1) is 12.6. The number of rotatable bonds is 5. The summed E-state index contributed by atoms with van der Waals surface area (Å²) in [6, 6.07) is 3.71. The fraction of sp³-hybridized carbons (Fsp3) is 0.364. The van der Waals surface area contributed by atoms with Crippen molar-refractivity contribution in [2.45, 2.75) is 25.4 Å². The van der Waals surface area contributed by atoms with Crippen molar-refractivity contribution in [1.82, 2.24) is 25.5 Å². The first-order valence-electron chi connectivity index (χ1n) is 6.10. The molecule has 1 aromatic carbocycles. The summed E-state index contributed by atoms with van der Waals surface area (Å²) < 4.78 is 15.0. The third kappa shape index (κ3) is 2.48. The Morgan fingerprint density at radius 3 is 3.00 bits per heavy atom. The topological polar surface area (TPSA) is 98.8 Å². The van der Waals surface area contributed by atoms with Crippen LogP contribution in [0.5, 0.6) is 0 Å². The van der Waals surface area contributed by atoms with Gasteiger partial charge in [0.25, 0.3) is 5.69 Å². The van der Waals surface area contributed by atoms with Gasteiger partial charge in [0.05, 0.1) is 11.5 Å². The van der Waals surface area contributed by atoms with Gasteiger partial charge in [-0.2, -0.15) is 4.68 Å². The Balaban J connectivity index is 1.93. The van der Waals surface area contributed by atoms with Crippen LogP contribution in [0.1, 0.15) is 18.7 Å². The van der Waals surface area contributed by atoms with Gasteiger partial charge >= 0.3 is 0 Å². The summed E-state index contributed by atoms with van der Waals surface area (Å²) in [5.41, 5.74) is -0.241. The van der Waals surface area contributed by atoms with Gasteiger partial charge in [0.15, 0.2) is 5.82 Å². The van der Waals surface area contributed by atoms with E-state index in [1.165, 1.54) is 4.68 Å². The van der Waals surface area contributed by atoms with Crippen molar-refractivity contribution < 1.29 is 9.31 Å². The molecule has 1 aliphatic rings. The number of hydrogen-bond donors (Lipinski definition) is 1. The third-order valence-electron chi connectivity index (χ3n) is 3.03. The Kier molecular flexibility index (Phi) is 3.11. The van der Waals surface area contributed by atoms with Crippen molar-refractivity contribution in [3.63, 3.8) is 0 Å². The first-order chi connectivity index (χ1) is 9.65. The van der Waals surface area contributed by atoms with Crippen LogP contribution in [0.3, 0.4) is 0 Å². The van der Waals surface area contributed by atoms with Gasteiger partial charge in [-0.1, -0.05) is 0 Å². The highest BCUT2D eigenvalue weighted by molar-refractivity contribution is 5.44. The smallest absolute Gasteiger partial charge is 0.271 e. The van der Waals surface area contributed by atoms with Crippen molar-refractivity contribution >= 4 is 5.69 Å². The number of nitro groups is 1. The van der Waals surface area contributed by atoms with Gasteiger partial charge in [0, 0.05) is 18.2 Å². The highest BCUT2D eigenvalue weighted by Gasteiger charge is 2.22. The summed E-state index contributed by atoms with van der Waals surface area (Å²) in [7, 11) is 0. The van der Waals surface area contributed by atoms with Crippen molar-refractivity contribution in [1.29, 1.82) is 0 Å². The maximum Gasteiger partial charge on any atom is 0.271 e. The van der Waals surface area contributed by atoms with Crippen LogP contribution >= 0.6 is 0 Å². The zero-order chi connectivity index (χ0) is 14.1. The highest BCUT2D eigenvalue weighted by Crippen LogP contribution is 2.22. The molecule has 1 N–H and O–H groups in total. The molecular weight excluding hydrogens is 267 g/mol. The minimum absolute atomic E-state index is 0.0307. The molecule has 8 nitrogen and oxygen atoms in total. The van der Waals surface area contributed by atoms with E-state index < -0.39 is 10.7 Å². The van der Waals surface area contributed by atoms with Gasteiger partial charge in [-0.25, -0.2) is 4.39 Å². The van der Waals surface area contributed by atoms with E-state index in [2.05, 4.69) is 20.8 Å². The van der Waals surface area contributed by atoms with E-state index in [1.807, 2.05) is 0 Å². The first-order valence-corrected chi connectivity index (χ1v) is 6.10. The Bertz CT molecular complexity index is 654. The molecule has 0 aliphatic heterocycles. The van der Waals surface area contributed by atoms with Gasteiger partial charge in [0.2, 0.25) is 0 Å². The number of non-ortho nitro benzene ring substituents is 1. The molecule has 0 unspecified atom stereocenters. The van der Waals surface area contributed by atoms with Gasteiger partial charge < -0.3 is 5.32 Å². The molecule has 0 bridgehead atoms. The maximum absolute atomic E-state index is 13.8. The fourth-order valence-corrected chi connectivity index (χ4v) is 1.80. The zero-order valence-electron chi connectivity index (χ0n) is 10.4. The zero-order valence-corrected chi connectivity index (χ0v) is 10.4. The standard InChI is InChI=1S/C11H11FN6O2/c12-9-4-3-8(18(19)20)5-10(9)17-11(14-15-16-17)6-13-7-1-2-7/h3-5,7,13H,1-2,6H2. The lowest BCUT2D eigenvalue weighted by atomic mass is 10.2. The molecule has 20 heavy (non-hydrogen) atoms. The van der Waals surface area contributed by atoms with Crippen LogP contribution in [0.2, 0.25) is 0 Å². The van der Waals surface area contributed by atoms with E-state index >= 15 is 0 Å². The summed E-state index contributed by atoms with van der Waals surface area (Å²) >= 11 is 0. The molecule has 0 amide bonds. The predicted octanol–water partition coefficient (Wildman–Crippen LogP) is 0.962. The second kappa shape index (κ2) is 4.93. The monoisotopic (exact) mass is 278 g/mol. The molecule has 104 valence electrons. The summed E-state index contributed by atoms with van der Waals surface area (Å²) in [5, 5.41) is 25.0. The number of aromatic nitrogens is 4. The number of tetrazole rings is 1. The Labute approximate surface area is 112 Å². The molecule has 2 aromatic rings. The minimum atomic E-state index is -0.615. The van der Waals surface area contributed by atoms with Crippen LogP contribution in [0.15, 0.2) is 18.2 Å². The van der Waals surface area contributed by atoms with Gasteiger partial charge in [-0.15, -0.1) is 5.10 Å². The fourth-order valence-electron chi connectivity index (χ4n) is 1.80. The molecule has 1 aromatic heterocycles. The lowest BCUT2D eigenvalue weighted by Crippen LogP contribution is -2.19. The lowest BCUT2D eigenvalue weighted by Gasteiger charge is -2.06. The number of nitro benzene ring substituents is 1. The van der Waals surface area contributed by atoms with Crippen molar-refractivity contribution in [2.75, 3.05) is 0 Å². The molecule has 0 spiro atoms. The molecule has 0 atom stereocenters. The van der Waals surface area contributed by atoms with E-state index in [4.69, 9.17) is 0 Å². The number of halogens is 1. The van der Waals surface area contributed by atoms with Crippen LogP contribution in [0.25, 0.3) is 5.69 Å². The van der Waals surface area contributed by atoms with E-state index in [9.17, 15) is 14.5 Å². The largest absolute Gasteiger partial charge is 0.307 e. The highest BCUT2D eigenvalue weighted by atomic mass is 19.1. The second-order valence-electron chi connectivity index (χ2n) is 4.55. The maximum atomic E-state index is 13.8. The van der Waals surface area contributed by atoms with Crippen molar-refractivity contribution in [3.05, 3.63) is 40.0 Å². The summed E-state index contributed by atoms with van der Waals surface area (Å²) in [5.74, 6) is -0.202. The van der Waals surface area contributed by atoms with Gasteiger partial charge in [-0.05, 0) is 29.3 Å². The van der Waals surface area contributed by atoms with Gasteiger partial charge in [-0.3, -0.25) is 10.1 Å².